The number of cyclic esters (lactones) is 1. The fourth-order valence-corrected chi connectivity index (χ4v) is 5.31. The molecule has 0 spiro atoms. The lowest BCUT2D eigenvalue weighted by atomic mass is 9.93. The molecule has 10 nitrogen and oxygen atoms in total. The van der Waals surface area contributed by atoms with Crippen LogP contribution in [0, 0.1) is 5.92 Å². The lowest BCUT2D eigenvalue weighted by molar-refractivity contribution is -0.131. The van der Waals surface area contributed by atoms with Crippen molar-refractivity contribution in [1.29, 1.82) is 0 Å². The molecule has 0 unspecified atom stereocenters. The first-order chi connectivity index (χ1) is 18.6. The van der Waals surface area contributed by atoms with Gasteiger partial charge in [0, 0.05) is 42.7 Å². The first kappa shape index (κ1) is 25.5. The topological polar surface area (TPSA) is 133 Å². The molecule has 0 bridgehead atoms. The fraction of sp³-hybridized carbons (Fsp3) is 0.483. The molecular weight excluding hydrogens is 496 g/mol. The third-order valence-electron chi connectivity index (χ3n) is 7.92. The van der Waals surface area contributed by atoms with Gasteiger partial charge in [-0.2, -0.15) is 0 Å². The van der Waals surface area contributed by atoms with Crippen molar-refractivity contribution < 1.29 is 19.1 Å². The Morgan fingerprint density at radius 1 is 1.13 bits per heavy atom. The molecular formula is C29H34N6O4. The molecule has 0 aromatic carbocycles. The Morgan fingerprint density at radius 3 is 2.67 bits per heavy atom. The SMILES string of the molecule is C[C@@H]1OC(=O)c2ccc(Nc3cc4c(C(C)(C)N)cnc(O[C@@H]5CCN(C(=O)C6CC6)C5)c4cn3)nc2[C@H]1C. The minimum Gasteiger partial charge on any atom is -0.472 e. The van der Waals surface area contributed by atoms with Gasteiger partial charge < -0.3 is 25.4 Å². The Labute approximate surface area is 227 Å². The molecule has 3 aromatic heterocycles. The molecule has 2 fully saturated rings. The van der Waals surface area contributed by atoms with Crippen molar-refractivity contribution in [3.05, 3.63) is 47.4 Å². The molecule has 1 saturated carbocycles. The summed E-state index contributed by atoms with van der Waals surface area (Å²) >= 11 is 0. The standard InChI is InChI=1S/C29H34N6O4/c1-15-16(2)38-28(37)19-7-8-23(34-25(15)19)33-24-11-20-21(12-31-24)26(32-13-22(20)29(3,4)30)39-18-9-10-35(14-18)27(36)17-5-6-17/h7-8,11-13,15-18H,5-6,9-10,14,30H2,1-4H3,(H,31,33,34)/t15-,16-,18+/m0/s1. The predicted octanol–water partition coefficient (Wildman–Crippen LogP) is 4.01. The smallest absolute Gasteiger partial charge is 0.340 e. The number of amides is 1. The van der Waals surface area contributed by atoms with Gasteiger partial charge >= 0.3 is 5.97 Å². The third-order valence-corrected chi connectivity index (χ3v) is 7.92. The van der Waals surface area contributed by atoms with E-state index in [9.17, 15) is 9.59 Å². The number of carbonyl (C=O) groups excluding carboxylic acids is 2. The van der Waals surface area contributed by atoms with E-state index >= 15 is 0 Å². The number of hydrogen-bond donors (Lipinski definition) is 2. The Morgan fingerprint density at radius 2 is 1.92 bits per heavy atom. The number of rotatable bonds is 6. The van der Waals surface area contributed by atoms with E-state index in [-0.39, 0.29) is 35.9 Å². The van der Waals surface area contributed by atoms with Gasteiger partial charge in [0.05, 0.1) is 23.2 Å². The normalized spacial score (nSPS) is 22.9. The molecule has 204 valence electrons. The van der Waals surface area contributed by atoms with Crippen LogP contribution in [0.4, 0.5) is 11.6 Å². The quantitative estimate of drug-likeness (QED) is 0.454. The molecule has 2 aliphatic heterocycles. The highest BCUT2D eigenvalue weighted by atomic mass is 16.5. The van der Waals surface area contributed by atoms with Gasteiger partial charge in [0.15, 0.2) is 0 Å². The van der Waals surface area contributed by atoms with Crippen molar-refractivity contribution in [3.8, 4) is 5.88 Å². The summed E-state index contributed by atoms with van der Waals surface area (Å²) in [6, 6.07) is 5.41. The number of fused-ring (bicyclic) bond motifs is 2. The summed E-state index contributed by atoms with van der Waals surface area (Å²) < 4.78 is 11.7. The molecule has 1 amide bonds. The van der Waals surface area contributed by atoms with E-state index < -0.39 is 5.54 Å². The molecule has 3 aliphatic rings. The minimum atomic E-state index is -0.654. The number of pyridine rings is 3. The Bertz CT molecular complexity index is 1460. The summed E-state index contributed by atoms with van der Waals surface area (Å²) in [5.41, 5.74) is 7.92. The summed E-state index contributed by atoms with van der Waals surface area (Å²) in [6.07, 6.45) is 5.90. The van der Waals surface area contributed by atoms with E-state index in [1.54, 1.807) is 24.5 Å². The van der Waals surface area contributed by atoms with Gasteiger partial charge in [0.2, 0.25) is 11.8 Å². The molecule has 5 heterocycles. The highest BCUT2D eigenvalue weighted by Gasteiger charge is 2.37. The van der Waals surface area contributed by atoms with Crippen molar-refractivity contribution in [1.82, 2.24) is 19.9 Å². The molecule has 3 atom stereocenters. The average molecular weight is 531 g/mol. The van der Waals surface area contributed by atoms with Crippen LogP contribution in [0.15, 0.2) is 30.6 Å². The van der Waals surface area contributed by atoms with Crippen LogP contribution in [0.1, 0.15) is 74.5 Å². The summed E-state index contributed by atoms with van der Waals surface area (Å²) in [6.45, 7) is 9.02. The van der Waals surface area contributed by atoms with Crippen LogP contribution in [-0.4, -0.2) is 57.0 Å². The van der Waals surface area contributed by atoms with Crippen LogP contribution in [0.3, 0.4) is 0 Å². The maximum absolute atomic E-state index is 12.5. The Hall–Kier alpha value is -3.79. The Balaban J connectivity index is 1.29. The van der Waals surface area contributed by atoms with E-state index in [1.807, 2.05) is 38.7 Å². The van der Waals surface area contributed by atoms with E-state index in [0.717, 1.165) is 35.6 Å². The van der Waals surface area contributed by atoms with Gasteiger partial charge in [-0.25, -0.2) is 19.7 Å². The molecule has 6 rings (SSSR count). The van der Waals surface area contributed by atoms with Crippen LogP contribution in [0.2, 0.25) is 0 Å². The van der Waals surface area contributed by atoms with Crippen LogP contribution in [-0.2, 0) is 15.1 Å². The third kappa shape index (κ3) is 4.89. The number of likely N-dealkylation sites (tertiary alicyclic amines) is 1. The number of anilines is 2. The number of esters is 1. The lowest BCUT2D eigenvalue weighted by Gasteiger charge is -2.27. The molecule has 1 aliphatic carbocycles. The van der Waals surface area contributed by atoms with Crippen molar-refractivity contribution >= 4 is 34.3 Å². The monoisotopic (exact) mass is 530 g/mol. The van der Waals surface area contributed by atoms with E-state index in [2.05, 4.69) is 15.3 Å². The van der Waals surface area contributed by atoms with Crippen molar-refractivity contribution in [2.24, 2.45) is 11.7 Å². The summed E-state index contributed by atoms with van der Waals surface area (Å²) in [7, 11) is 0. The number of nitrogens with one attached hydrogen (secondary N) is 1. The van der Waals surface area contributed by atoms with Gasteiger partial charge in [-0.15, -0.1) is 0 Å². The number of carbonyl (C=O) groups is 2. The van der Waals surface area contributed by atoms with E-state index in [1.165, 1.54) is 0 Å². The van der Waals surface area contributed by atoms with E-state index in [4.69, 9.17) is 20.2 Å². The van der Waals surface area contributed by atoms with Crippen molar-refractivity contribution in [3.63, 3.8) is 0 Å². The molecule has 1 saturated heterocycles. The van der Waals surface area contributed by atoms with Crippen molar-refractivity contribution in [2.75, 3.05) is 18.4 Å². The second-order valence-electron chi connectivity index (χ2n) is 11.6. The zero-order chi connectivity index (χ0) is 27.5. The highest BCUT2D eigenvalue weighted by Crippen LogP contribution is 2.36. The van der Waals surface area contributed by atoms with Gasteiger partial charge in [-0.05, 0) is 62.8 Å². The predicted molar refractivity (Wildman–Crippen MR) is 146 cm³/mol. The highest BCUT2D eigenvalue weighted by molar-refractivity contribution is 5.93. The number of hydrogen-bond acceptors (Lipinski definition) is 9. The van der Waals surface area contributed by atoms with Crippen LogP contribution < -0.4 is 15.8 Å². The zero-order valence-electron chi connectivity index (χ0n) is 22.7. The van der Waals surface area contributed by atoms with Gasteiger partial charge in [0.1, 0.15) is 23.8 Å². The molecule has 3 aromatic rings. The lowest BCUT2D eigenvalue weighted by Crippen LogP contribution is -2.32. The number of nitrogens with zero attached hydrogens (tertiary/aromatic N) is 4. The fourth-order valence-electron chi connectivity index (χ4n) is 5.31. The first-order valence-electron chi connectivity index (χ1n) is 13.6. The second kappa shape index (κ2) is 9.44. The maximum atomic E-state index is 12.5. The van der Waals surface area contributed by atoms with E-state index in [0.29, 0.717) is 41.9 Å². The Kier molecular flexibility index (Phi) is 6.17. The second-order valence-corrected chi connectivity index (χ2v) is 11.6. The number of ether oxygens (including phenoxy) is 2. The average Bonchev–Trinajstić information content (AvgIpc) is 3.64. The van der Waals surface area contributed by atoms with Crippen LogP contribution in [0.5, 0.6) is 5.88 Å². The zero-order valence-corrected chi connectivity index (χ0v) is 22.7. The molecule has 0 radical (unpaired) electrons. The maximum Gasteiger partial charge on any atom is 0.340 e. The summed E-state index contributed by atoms with van der Waals surface area (Å²) in [4.78, 5) is 40.6. The number of aromatic nitrogens is 3. The van der Waals surface area contributed by atoms with Gasteiger partial charge in [0.25, 0.3) is 0 Å². The summed E-state index contributed by atoms with van der Waals surface area (Å²) in [5, 5.41) is 4.91. The number of nitrogens with two attached hydrogens (primary N) is 1. The molecule has 10 heteroatoms. The summed E-state index contributed by atoms with van der Waals surface area (Å²) in [5.74, 6) is 1.72. The first-order valence-corrected chi connectivity index (χ1v) is 13.6. The molecule has 39 heavy (non-hydrogen) atoms. The van der Waals surface area contributed by atoms with Crippen LogP contribution >= 0.6 is 0 Å². The van der Waals surface area contributed by atoms with Crippen molar-refractivity contribution in [2.45, 2.75) is 70.6 Å². The minimum absolute atomic E-state index is 0.0227. The van der Waals surface area contributed by atoms with Gasteiger partial charge in [-0.1, -0.05) is 6.92 Å². The van der Waals surface area contributed by atoms with Gasteiger partial charge in [-0.3, -0.25) is 4.79 Å². The molecule has 3 N–H and O–H groups in total. The largest absolute Gasteiger partial charge is 0.472 e. The van der Waals surface area contributed by atoms with Crippen LogP contribution in [0.25, 0.3) is 10.8 Å².